The van der Waals surface area contributed by atoms with Crippen LogP contribution in [0.4, 0.5) is 0 Å². The average Bonchev–Trinajstić information content (AvgIpc) is 2.85. The Kier molecular flexibility index (Phi) is 5.12. The van der Waals surface area contributed by atoms with Crippen LogP contribution in [-0.4, -0.2) is 9.97 Å². The van der Waals surface area contributed by atoms with Crippen LogP contribution in [0.25, 0.3) is 44.9 Å². The van der Waals surface area contributed by atoms with E-state index in [1.165, 1.54) is 22.3 Å². The summed E-state index contributed by atoms with van der Waals surface area (Å²) in [6.07, 6.45) is 0. The molecule has 0 aliphatic carbocycles. The van der Waals surface area contributed by atoms with Gasteiger partial charge in [0.05, 0.1) is 5.69 Å². The molecule has 1 aromatic heterocycles. The van der Waals surface area contributed by atoms with Gasteiger partial charge in [-0.25, -0.2) is 9.97 Å². The third-order valence-electron chi connectivity index (χ3n) is 5.37. The standard InChI is InChI=1S/C29H22N2/c1-21-19-28(27-14-8-13-26(20-27)23-11-6-3-7-12-23)31-29(30-21)25-17-15-24(16-18-25)22-9-4-2-5-10-22/h2-20H,1H3. The van der Waals surface area contributed by atoms with Crippen molar-refractivity contribution in [2.24, 2.45) is 0 Å². The van der Waals surface area contributed by atoms with Gasteiger partial charge in [0.1, 0.15) is 0 Å². The number of aromatic nitrogens is 2. The van der Waals surface area contributed by atoms with Crippen LogP contribution in [0.5, 0.6) is 0 Å². The SMILES string of the molecule is Cc1cc(-c2cccc(-c3ccccc3)c2)nc(-c2ccc(-c3ccccc3)cc2)n1. The van der Waals surface area contributed by atoms with Crippen LogP contribution >= 0.6 is 0 Å². The number of benzene rings is 4. The Morgan fingerprint density at radius 2 is 0.935 bits per heavy atom. The predicted molar refractivity (Wildman–Crippen MR) is 129 cm³/mol. The van der Waals surface area contributed by atoms with Crippen molar-refractivity contribution in [1.82, 2.24) is 9.97 Å². The lowest BCUT2D eigenvalue weighted by Crippen LogP contribution is -1.95. The summed E-state index contributed by atoms with van der Waals surface area (Å²) in [5.74, 6) is 0.750. The molecule has 0 radical (unpaired) electrons. The van der Waals surface area contributed by atoms with Gasteiger partial charge in [-0.2, -0.15) is 0 Å². The molecule has 2 heteroatoms. The maximum absolute atomic E-state index is 4.90. The third kappa shape index (κ3) is 4.15. The molecule has 0 aliphatic rings. The van der Waals surface area contributed by atoms with Gasteiger partial charge in [0.2, 0.25) is 0 Å². The predicted octanol–water partition coefficient (Wildman–Crippen LogP) is 7.45. The summed E-state index contributed by atoms with van der Waals surface area (Å²) in [6, 6.07) is 39.8. The monoisotopic (exact) mass is 398 g/mol. The molecule has 0 fully saturated rings. The van der Waals surface area contributed by atoms with Gasteiger partial charge in [0.15, 0.2) is 5.82 Å². The van der Waals surface area contributed by atoms with Gasteiger partial charge in [-0.3, -0.25) is 0 Å². The Bertz CT molecular complexity index is 1310. The topological polar surface area (TPSA) is 25.8 Å². The minimum atomic E-state index is 0.750. The van der Waals surface area contributed by atoms with E-state index in [-0.39, 0.29) is 0 Å². The van der Waals surface area contributed by atoms with Gasteiger partial charge in [-0.1, -0.05) is 103 Å². The highest BCUT2D eigenvalue weighted by atomic mass is 14.9. The molecule has 2 nitrogen and oxygen atoms in total. The van der Waals surface area contributed by atoms with Crippen molar-refractivity contribution < 1.29 is 0 Å². The highest BCUT2D eigenvalue weighted by Gasteiger charge is 2.09. The van der Waals surface area contributed by atoms with Crippen LogP contribution in [0, 0.1) is 6.92 Å². The molecule has 1 heterocycles. The Balaban J connectivity index is 1.50. The van der Waals surface area contributed by atoms with Gasteiger partial charge in [-0.05, 0) is 41.3 Å². The van der Waals surface area contributed by atoms with Crippen LogP contribution in [0.2, 0.25) is 0 Å². The minimum Gasteiger partial charge on any atom is -0.233 e. The molecule has 0 saturated carbocycles. The fraction of sp³-hybridized carbons (Fsp3) is 0.0345. The number of hydrogen-bond acceptors (Lipinski definition) is 2. The number of nitrogens with zero attached hydrogens (tertiary/aromatic N) is 2. The van der Waals surface area contributed by atoms with E-state index >= 15 is 0 Å². The molecule has 0 unspecified atom stereocenters. The quantitative estimate of drug-likeness (QED) is 0.314. The molecule has 0 bridgehead atoms. The van der Waals surface area contributed by atoms with Crippen molar-refractivity contribution in [3.8, 4) is 44.9 Å². The Hall–Kier alpha value is -4.04. The second kappa shape index (κ2) is 8.37. The van der Waals surface area contributed by atoms with E-state index in [1.807, 2.05) is 25.1 Å². The van der Waals surface area contributed by atoms with Crippen LogP contribution in [-0.2, 0) is 0 Å². The first-order chi connectivity index (χ1) is 15.3. The normalized spacial score (nSPS) is 10.7. The Morgan fingerprint density at radius 1 is 0.419 bits per heavy atom. The fourth-order valence-electron chi connectivity index (χ4n) is 3.78. The molecule has 0 saturated heterocycles. The summed E-state index contributed by atoms with van der Waals surface area (Å²) in [5.41, 5.74) is 8.78. The van der Waals surface area contributed by atoms with Crippen molar-refractivity contribution in [2.45, 2.75) is 6.92 Å². The van der Waals surface area contributed by atoms with Crippen molar-refractivity contribution >= 4 is 0 Å². The first-order valence-electron chi connectivity index (χ1n) is 10.4. The number of aryl methyl sites for hydroxylation is 1. The summed E-state index contributed by atoms with van der Waals surface area (Å²) >= 11 is 0. The Morgan fingerprint density at radius 3 is 1.61 bits per heavy atom. The van der Waals surface area contributed by atoms with Gasteiger partial charge in [0, 0.05) is 16.8 Å². The molecule has 0 spiro atoms. The van der Waals surface area contributed by atoms with Gasteiger partial charge in [-0.15, -0.1) is 0 Å². The van der Waals surface area contributed by atoms with Crippen LogP contribution in [0.3, 0.4) is 0 Å². The maximum Gasteiger partial charge on any atom is 0.160 e. The van der Waals surface area contributed by atoms with Crippen molar-refractivity contribution in [3.63, 3.8) is 0 Å². The highest BCUT2D eigenvalue weighted by Crippen LogP contribution is 2.28. The first-order valence-corrected chi connectivity index (χ1v) is 10.4. The summed E-state index contributed by atoms with van der Waals surface area (Å²) in [6.45, 7) is 2.02. The number of hydrogen-bond donors (Lipinski definition) is 0. The largest absolute Gasteiger partial charge is 0.233 e. The molecular weight excluding hydrogens is 376 g/mol. The van der Waals surface area contributed by atoms with E-state index in [4.69, 9.17) is 9.97 Å². The van der Waals surface area contributed by atoms with E-state index < -0.39 is 0 Å². The van der Waals surface area contributed by atoms with E-state index in [0.717, 1.165) is 28.3 Å². The lowest BCUT2D eigenvalue weighted by atomic mass is 10.0. The smallest absolute Gasteiger partial charge is 0.160 e. The zero-order chi connectivity index (χ0) is 21.0. The lowest BCUT2D eigenvalue weighted by Gasteiger charge is -2.09. The maximum atomic E-state index is 4.90. The molecule has 0 atom stereocenters. The molecule has 5 aromatic rings. The summed E-state index contributed by atoms with van der Waals surface area (Å²) < 4.78 is 0. The zero-order valence-electron chi connectivity index (χ0n) is 17.4. The fourth-order valence-corrected chi connectivity index (χ4v) is 3.78. The molecule has 0 N–H and O–H groups in total. The minimum absolute atomic E-state index is 0.750. The third-order valence-corrected chi connectivity index (χ3v) is 5.37. The van der Waals surface area contributed by atoms with E-state index in [1.54, 1.807) is 0 Å². The van der Waals surface area contributed by atoms with E-state index in [2.05, 4.69) is 97.1 Å². The van der Waals surface area contributed by atoms with Crippen molar-refractivity contribution in [3.05, 3.63) is 121 Å². The van der Waals surface area contributed by atoms with Crippen molar-refractivity contribution in [1.29, 1.82) is 0 Å². The lowest BCUT2D eigenvalue weighted by molar-refractivity contribution is 1.12. The molecule has 148 valence electrons. The second-order valence-electron chi connectivity index (χ2n) is 7.61. The van der Waals surface area contributed by atoms with Crippen LogP contribution < -0.4 is 0 Å². The summed E-state index contributed by atoms with van der Waals surface area (Å²) in [5, 5.41) is 0. The summed E-state index contributed by atoms with van der Waals surface area (Å²) in [7, 11) is 0. The van der Waals surface area contributed by atoms with Gasteiger partial charge >= 0.3 is 0 Å². The zero-order valence-corrected chi connectivity index (χ0v) is 17.4. The van der Waals surface area contributed by atoms with Crippen LogP contribution in [0.15, 0.2) is 115 Å². The molecular formula is C29H22N2. The van der Waals surface area contributed by atoms with Gasteiger partial charge < -0.3 is 0 Å². The van der Waals surface area contributed by atoms with Crippen molar-refractivity contribution in [2.75, 3.05) is 0 Å². The average molecular weight is 399 g/mol. The molecule has 0 aliphatic heterocycles. The second-order valence-corrected chi connectivity index (χ2v) is 7.61. The molecule has 5 rings (SSSR count). The van der Waals surface area contributed by atoms with E-state index in [9.17, 15) is 0 Å². The Labute approximate surface area is 182 Å². The summed E-state index contributed by atoms with van der Waals surface area (Å²) in [4.78, 5) is 9.60. The van der Waals surface area contributed by atoms with Gasteiger partial charge in [0.25, 0.3) is 0 Å². The highest BCUT2D eigenvalue weighted by molar-refractivity contribution is 5.73. The van der Waals surface area contributed by atoms with Crippen LogP contribution in [0.1, 0.15) is 5.69 Å². The van der Waals surface area contributed by atoms with E-state index in [0.29, 0.717) is 0 Å². The molecule has 31 heavy (non-hydrogen) atoms. The molecule has 4 aromatic carbocycles. The number of rotatable bonds is 4. The first kappa shape index (κ1) is 19.0. The molecule has 0 amide bonds.